The average Bonchev–Trinajstić information content (AvgIpc) is 1.87. The molecule has 1 heterocycles. The molecule has 0 saturated carbocycles. The summed E-state index contributed by atoms with van der Waals surface area (Å²) in [4.78, 5) is 2.78. The monoisotopic (exact) mass is 102 g/mol. The molecule has 37 valence electrons. The van der Waals surface area contributed by atoms with Crippen LogP contribution in [0.5, 0.6) is 0 Å². The lowest BCUT2D eigenvalue weighted by Crippen LogP contribution is -1.72. The Morgan fingerprint density at radius 2 is 2.00 bits per heavy atom. The van der Waals surface area contributed by atoms with E-state index in [0.29, 0.717) is 0 Å². The summed E-state index contributed by atoms with van der Waals surface area (Å²) in [5, 5.41) is 0. The van der Waals surface area contributed by atoms with Crippen LogP contribution in [0.1, 0.15) is 0 Å². The van der Waals surface area contributed by atoms with Gasteiger partial charge in [0.05, 0.1) is 0 Å². The quantitative estimate of drug-likeness (QED) is 0.410. The molecule has 0 aromatic carbocycles. The van der Waals surface area contributed by atoms with E-state index < -0.39 is 12.3 Å². The Kier molecular flexibility index (Phi) is 0.889. The zero-order valence-corrected chi connectivity index (χ0v) is 3.36. The highest BCUT2D eigenvalue weighted by Gasteiger charge is 2.08. The second-order valence-electron chi connectivity index (χ2n) is 1.09. The average molecular weight is 102 g/mol. The van der Waals surface area contributed by atoms with Gasteiger partial charge in [0.15, 0.2) is 0 Å². The molecule has 3 heteroatoms. The summed E-state index contributed by atoms with van der Waals surface area (Å²) in [6, 6.07) is 0. The summed E-state index contributed by atoms with van der Waals surface area (Å²) in [6.07, 6.45) is 1.17. The molecule has 0 aromatic heterocycles. The molecule has 1 rings (SSSR count). The van der Waals surface area contributed by atoms with Crippen LogP contribution >= 0.6 is 0 Å². The van der Waals surface area contributed by atoms with Crippen LogP contribution in [0, 0.1) is 6.30 Å². The van der Waals surface area contributed by atoms with Crippen molar-refractivity contribution in [3.63, 3.8) is 0 Å². The van der Waals surface area contributed by atoms with Gasteiger partial charge in [-0.05, 0) is 12.2 Å². The molecule has 1 radical (unpaired) electrons. The van der Waals surface area contributed by atoms with Gasteiger partial charge < -0.3 is 0 Å². The van der Waals surface area contributed by atoms with Crippen LogP contribution in [0.15, 0.2) is 17.1 Å². The standard InChI is InChI=1S/C4H2F2N/c5-3-1-2-4(6)7-3/h1-2H. The first-order chi connectivity index (χ1) is 3.29. The Hall–Kier alpha value is -0.730. The van der Waals surface area contributed by atoms with Gasteiger partial charge >= 0.3 is 0 Å². The van der Waals surface area contributed by atoms with E-state index in [1.165, 1.54) is 0 Å². The summed E-state index contributed by atoms with van der Waals surface area (Å²) in [5.74, 6) is -0.766. The van der Waals surface area contributed by atoms with E-state index in [1.54, 1.807) is 0 Å². The number of aliphatic imine (C=N–C) groups is 1. The summed E-state index contributed by atoms with van der Waals surface area (Å²) < 4.78 is 23.2. The fraction of sp³-hybridized carbons (Fsp3) is 0. The first-order valence-corrected chi connectivity index (χ1v) is 1.74. The summed E-state index contributed by atoms with van der Waals surface area (Å²) >= 11 is 0. The zero-order valence-electron chi connectivity index (χ0n) is 3.36. The van der Waals surface area contributed by atoms with Gasteiger partial charge in [0.2, 0.25) is 5.97 Å². The first-order valence-electron chi connectivity index (χ1n) is 1.74. The van der Waals surface area contributed by atoms with E-state index >= 15 is 0 Å². The maximum atomic E-state index is 11.6. The summed E-state index contributed by atoms with van der Waals surface area (Å²) in [6.45, 7) is 0. The highest BCUT2D eigenvalue weighted by atomic mass is 19.1. The van der Waals surface area contributed by atoms with Gasteiger partial charge in [-0.1, -0.05) is 0 Å². The molecule has 0 spiro atoms. The van der Waals surface area contributed by atoms with Crippen molar-refractivity contribution in [2.75, 3.05) is 0 Å². The molecule has 7 heavy (non-hydrogen) atoms. The van der Waals surface area contributed by atoms with Crippen LogP contribution in [0.3, 0.4) is 0 Å². The molecule has 0 saturated heterocycles. The van der Waals surface area contributed by atoms with Crippen molar-refractivity contribution in [1.82, 2.24) is 0 Å². The minimum absolute atomic E-state index is 0.766. The van der Waals surface area contributed by atoms with Gasteiger partial charge in [-0.15, -0.1) is 0 Å². The minimum atomic E-state index is -0.766. The molecule has 0 amide bonds. The number of rotatable bonds is 0. The number of allylic oxidation sites excluding steroid dienone is 1. The predicted molar refractivity (Wildman–Crippen MR) is 22.0 cm³/mol. The van der Waals surface area contributed by atoms with Gasteiger partial charge in [-0.25, -0.2) is 9.38 Å². The Bertz CT molecular complexity index is 128. The number of hydrogen-bond acceptors (Lipinski definition) is 1. The Morgan fingerprint density at radius 3 is 2.14 bits per heavy atom. The third-order valence-electron chi connectivity index (χ3n) is 0.572. The van der Waals surface area contributed by atoms with Gasteiger partial charge in [0.25, 0.3) is 6.30 Å². The molecule has 0 aliphatic carbocycles. The van der Waals surface area contributed by atoms with E-state index in [1.807, 2.05) is 0 Å². The topological polar surface area (TPSA) is 12.4 Å². The zero-order chi connectivity index (χ0) is 5.28. The van der Waals surface area contributed by atoms with E-state index in [4.69, 9.17) is 0 Å². The molecule has 0 unspecified atom stereocenters. The predicted octanol–water partition coefficient (Wildman–Crippen LogP) is 1.38. The molecule has 0 atom stereocenters. The maximum Gasteiger partial charge on any atom is 0.280 e. The van der Waals surface area contributed by atoms with Gasteiger partial charge in [0.1, 0.15) is 0 Å². The molecule has 1 aliphatic rings. The normalized spacial score (nSPS) is 20.6. The molecule has 0 aromatic rings. The van der Waals surface area contributed by atoms with Crippen LogP contribution < -0.4 is 0 Å². The molecular weight excluding hydrogens is 100 g/mol. The first kappa shape index (κ1) is 4.43. The van der Waals surface area contributed by atoms with Crippen molar-refractivity contribution in [2.45, 2.75) is 0 Å². The third kappa shape index (κ3) is 0.824. The van der Waals surface area contributed by atoms with Crippen LogP contribution in [0.4, 0.5) is 8.78 Å². The Morgan fingerprint density at radius 1 is 1.29 bits per heavy atom. The molecule has 0 N–H and O–H groups in total. The smallest absolute Gasteiger partial charge is 0.208 e. The maximum absolute atomic E-state index is 11.6. The highest BCUT2D eigenvalue weighted by molar-refractivity contribution is 5.89. The molecule has 1 nitrogen and oxygen atoms in total. The largest absolute Gasteiger partial charge is 0.280 e. The Balaban J connectivity index is 2.69. The Labute approximate surface area is 39.4 Å². The third-order valence-corrected chi connectivity index (χ3v) is 0.572. The molecule has 0 bridgehead atoms. The number of halogens is 2. The van der Waals surface area contributed by atoms with Crippen LogP contribution in [0.25, 0.3) is 0 Å². The summed E-state index contributed by atoms with van der Waals surface area (Å²) in [7, 11) is 0. The van der Waals surface area contributed by atoms with Crippen molar-refractivity contribution in [2.24, 2.45) is 4.99 Å². The van der Waals surface area contributed by atoms with Crippen molar-refractivity contribution in [3.8, 4) is 0 Å². The second-order valence-corrected chi connectivity index (χ2v) is 1.09. The number of hydrogen-bond donors (Lipinski definition) is 0. The summed E-state index contributed by atoms with van der Waals surface area (Å²) in [5.41, 5.74) is 0. The van der Waals surface area contributed by atoms with E-state index in [9.17, 15) is 8.78 Å². The molecule has 1 aliphatic heterocycles. The van der Waals surface area contributed by atoms with E-state index in [-0.39, 0.29) is 0 Å². The van der Waals surface area contributed by atoms with Crippen LogP contribution in [-0.4, -0.2) is 5.97 Å². The SMILES string of the molecule is F[C]1C=CC(F)=N1. The lowest BCUT2D eigenvalue weighted by atomic mass is 10.5. The van der Waals surface area contributed by atoms with Gasteiger partial charge in [0, 0.05) is 0 Å². The van der Waals surface area contributed by atoms with Crippen molar-refractivity contribution in [1.29, 1.82) is 0 Å². The van der Waals surface area contributed by atoms with Gasteiger partial charge in [-0.3, -0.25) is 0 Å². The van der Waals surface area contributed by atoms with E-state index in [2.05, 4.69) is 4.99 Å². The molecular formula is C4H2F2N. The van der Waals surface area contributed by atoms with Crippen LogP contribution in [0.2, 0.25) is 0 Å². The van der Waals surface area contributed by atoms with Crippen molar-refractivity contribution < 1.29 is 8.78 Å². The van der Waals surface area contributed by atoms with Crippen LogP contribution in [-0.2, 0) is 0 Å². The second kappa shape index (κ2) is 1.40. The number of nitrogens with zero attached hydrogens (tertiary/aromatic N) is 1. The van der Waals surface area contributed by atoms with Gasteiger partial charge in [-0.2, -0.15) is 4.39 Å². The van der Waals surface area contributed by atoms with E-state index in [0.717, 1.165) is 12.2 Å². The fourth-order valence-electron chi connectivity index (χ4n) is 0.314. The fourth-order valence-corrected chi connectivity index (χ4v) is 0.314. The lowest BCUT2D eigenvalue weighted by molar-refractivity contribution is 0.544. The lowest BCUT2D eigenvalue weighted by Gasteiger charge is -1.77. The van der Waals surface area contributed by atoms with Crippen molar-refractivity contribution >= 4 is 5.97 Å². The highest BCUT2D eigenvalue weighted by Crippen LogP contribution is 2.12. The molecule has 0 fully saturated rings. The minimum Gasteiger partial charge on any atom is -0.208 e. The van der Waals surface area contributed by atoms with Crippen molar-refractivity contribution in [3.05, 3.63) is 18.4 Å².